The average Bonchev–Trinajstić information content (AvgIpc) is 2.73. The van der Waals surface area contributed by atoms with E-state index in [0.29, 0.717) is 15.0 Å². The number of nitro groups is 1. The summed E-state index contributed by atoms with van der Waals surface area (Å²) in [6.45, 7) is 3.67. The van der Waals surface area contributed by atoms with Crippen LogP contribution in [-0.4, -0.2) is 15.1 Å². The van der Waals surface area contributed by atoms with Crippen molar-refractivity contribution in [3.05, 3.63) is 42.8 Å². The zero-order valence-electron chi connectivity index (χ0n) is 10.2. The van der Waals surface area contributed by atoms with Gasteiger partial charge in [0.25, 0.3) is 0 Å². The van der Waals surface area contributed by atoms with E-state index in [0.717, 1.165) is 5.56 Å². The Bertz CT molecular complexity index is 630. The summed E-state index contributed by atoms with van der Waals surface area (Å²) in [5, 5.41) is 19.0. The first-order valence-electron chi connectivity index (χ1n) is 5.33. The molecule has 8 heteroatoms. The van der Waals surface area contributed by atoms with Crippen molar-refractivity contribution in [1.82, 2.24) is 10.2 Å². The highest BCUT2D eigenvalue weighted by Crippen LogP contribution is 2.32. The Labute approximate surface area is 118 Å². The topological polar surface area (TPSA) is 78.2 Å². The van der Waals surface area contributed by atoms with Gasteiger partial charge in [0.2, 0.25) is 4.47 Å². The number of aromatic nitrogens is 2. The van der Waals surface area contributed by atoms with Gasteiger partial charge in [0.15, 0.2) is 10.8 Å². The molecule has 0 aliphatic rings. The lowest BCUT2D eigenvalue weighted by molar-refractivity contribution is -0.386. The first kappa shape index (κ1) is 13.7. The lowest BCUT2D eigenvalue weighted by atomic mass is 10.1. The molecule has 0 saturated carbocycles. The average molecular weight is 300 g/mol. The highest BCUT2D eigenvalue weighted by atomic mass is 35.5. The predicted octanol–water partition coefficient (Wildman–Crippen LogP) is 3.30. The van der Waals surface area contributed by atoms with Gasteiger partial charge in [0, 0.05) is 6.07 Å². The monoisotopic (exact) mass is 299 g/mol. The number of rotatable bonds is 4. The molecule has 6 nitrogen and oxygen atoms in total. The largest absolute Gasteiger partial charge is 0.479 e. The standard InChI is InChI=1S/C11H10ClN3O3S/c1-6-3-7(2)10(8(4-6)15(16)17)18-5-9-13-14-11(12)19-9/h3-4H,5H2,1-2H3. The van der Waals surface area contributed by atoms with E-state index in [1.165, 1.54) is 17.4 Å². The summed E-state index contributed by atoms with van der Waals surface area (Å²) >= 11 is 6.84. The third-order valence-corrected chi connectivity index (χ3v) is 3.37. The van der Waals surface area contributed by atoms with Crippen LogP contribution in [0.25, 0.3) is 0 Å². The Morgan fingerprint density at radius 3 is 2.74 bits per heavy atom. The van der Waals surface area contributed by atoms with Gasteiger partial charge < -0.3 is 4.74 Å². The number of ether oxygens (including phenoxy) is 1. The van der Waals surface area contributed by atoms with Crippen LogP contribution in [0.4, 0.5) is 5.69 Å². The molecule has 1 aromatic carbocycles. The smallest absolute Gasteiger partial charge is 0.311 e. The van der Waals surface area contributed by atoms with Crippen molar-refractivity contribution in [3.8, 4) is 5.75 Å². The number of nitrogens with zero attached hydrogens (tertiary/aromatic N) is 3. The number of aryl methyl sites for hydroxylation is 2. The first-order chi connectivity index (χ1) is 8.97. The summed E-state index contributed by atoms with van der Waals surface area (Å²) < 4.78 is 5.80. The van der Waals surface area contributed by atoms with E-state index in [2.05, 4.69) is 10.2 Å². The Hall–Kier alpha value is -1.73. The van der Waals surface area contributed by atoms with E-state index in [1.807, 2.05) is 6.07 Å². The van der Waals surface area contributed by atoms with Gasteiger partial charge in [0.1, 0.15) is 6.61 Å². The number of nitro benzene ring substituents is 1. The molecular weight excluding hydrogens is 290 g/mol. The molecule has 0 fully saturated rings. The molecule has 1 heterocycles. The van der Waals surface area contributed by atoms with Crippen molar-refractivity contribution in [2.75, 3.05) is 0 Å². The Morgan fingerprint density at radius 1 is 1.42 bits per heavy atom. The van der Waals surface area contributed by atoms with E-state index in [4.69, 9.17) is 16.3 Å². The van der Waals surface area contributed by atoms with Crippen molar-refractivity contribution in [2.24, 2.45) is 0 Å². The van der Waals surface area contributed by atoms with Crippen LogP contribution in [0.1, 0.15) is 16.1 Å². The fourth-order valence-corrected chi connectivity index (χ4v) is 2.46. The van der Waals surface area contributed by atoms with Gasteiger partial charge in [-0.2, -0.15) is 0 Å². The second-order valence-corrected chi connectivity index (χ2v) is 5.57. The van der Waals surface area contributed by atoms with Gasteiger partial charge in [-0.05, 0) is 36.6 Å². The molecule has 0 unspecified atom stereocenters. The normalized spacial score (nSPS) is 10.5. The third kappa shape index (κ3) is 3.18. The number of benzene rings is 1. The van der Waals surface area contributed by atoms with Crippen LogP contribution in [0, 0.1) is 24.0 Å². The molecule has 0 N–H and O–H groups in total. The second kappa shape index (κ2) is 5.50. The summed E-state index contributed by atoms with van der Waals surface area (Å²) in [6.07, 6.45) is 0. The van der Waals surface area contributed by atoms with Crippen molar-refractivity contribution in [3.63, 3.8) is 0 Å². The molecule has 0 aliphatic carbocycles. The van der Waals surface area contributed by atoms with Crippen LogP contribution in [0.5, 0.6) is 5.75 Å². The summed E-state index contributed by atoms with van der Waals surface area (Å²) in [5.74, 6) is 0.252. The lowest BCUT2D eigenvalue weighted by Gasteiger charge is -2.08. The summed E-state index contributed by atoms with van der Waals surface area (Å²) in [5.41, 5.74) is 1.48. The summed E-state index contributed by atoms with van der Waals surface area (Å²) in [6, 6.07) is 3.31. The molecule has 0 spiro atoms. The van der Waals surface area contributed by atoms with Gasteiger partial charge in [0.05, 0.1) is 4.92 Å². The molecular formula is C11H10ClN3O3S. The highest BCUT2D eigenvalue weighted by molar-refractivity contribution is 7.15. The molecule has 2 aromatic rings. The summed E-state index contributed by atoms with van der Waals surface area (Å²) in [4.78, 5) is 10.6. The maximum atomic E-state index is 11.0. The number of hydrogen-bond acceptors (Lipinski definition) is 6. The van der Waals surface area contributed by atoms with Crippen LogP contribution in [0.3, 0.4) is 0 Å². The molecule has 2 rings (SSSR count). The second-order valence-electron chi connectivity index (χ2n) is 3.92. The van der Waals surface area contributed by atoms with Crippen LogP contribution < -0.4 is 4.74 Å². The summed E-state index contributed by atoms with van der Waals surface area (Å²) in [7, 11) is 0. The van der Waals surface area contributed by atoms with Crippen LogP contribution in [-0.2, 0) is 6.61 Å². The molecule has 0 aliphatic heterocycles. The van der Waals surface area contributed by atoms with Crippen molar-refractivity contribution in [2.45, 2.75) is 20.5 Å². The third-order valence-electron chi connectivity index (χ3n) is 2.38. The number of hydrogen-bond donors (Lipinski definition) is 0. The van der Waals surface area contributed by atoms with Crippen LogP contribution in [0.15, 0.2) is 12.1 Å². The van der Waals surface area contributed by atoms with Gasteiger partial charge >= 0.3 is 5.69 Å². The van der Waals surface area contributed by atoms with Crippen LogP contribution >= 0.6 is 22.9 Å². The highest BCUT2D eigenvalue weighted by Gasteiger charge is 2.19. The minimum atomic E-state index is -0.456. The SMILES string of the molecule is Cc1cc(C)c(OCc2nnc(Cl)s2)c([N+](=O)[O-])c1. The Kier molecular flexibility index (Phi) is 3.96. The van der Waals surface area contributed by atoms with Gasteiger partial charge in [-0.1, -0.05) is 17.4 Å². The van der Waals surface area contributed by atoms with Gasteiger partial charge in [-0.25, -0.2) is 0 Å². The van der Waals surface area contributed by atoms with Crippen LogP contribution in [0.2, 0.25) is 4.47 Å². The van der Waals surface area contributed by atoms with E-state index in [9.17, 15) is 10.1 Å². The fraction of sp³-hybridized carbons (Fsp3) is 0.273. The molecule has 1 aromatic heterocycles. The maximum absolute atomic E-state index is 11.0. The minimum Gasteiger partial charge on any atom is -0.479 e. The molecule has 0 atom stereocenters. The van der Waals surface area contributed by atoms with Gasteiger partial charge in [-0.15, -0.1) is 10.2 Å². The fourth-order valence-electron chi connectivity index (χ4n) is 1.68. The zero-order chi connectivity index (χ0) is 14.0. The molecule has 0 amide bonds. The van der Waals surface area contributed by atoms with Crippen molar-refractivity contribution in [1.29, 1.82) is 0 Å². The minimum absolute atomic E-state index is 0.0480. The molecule has 0 saturated heterocycles. The Balaban J connectivity index is 2.26. The number of halogens is 1. The van der Waals surface area contributed by atoms with E-state index in [1.54, 1.807) is 13.8 Å². The predicted molar refractivity (Wildman–Crippen MR) is 71.8 cm³/mol. The quantitative estimate of drug-likeness (QED) is 0.639. The first-order valence-corrected chi connectivity index (χ1v) is 6.53. The van der Waals surface area contributed by atoms with Crippen molar-refractivity contribution >= 4 is 28.6 Å². The van der Waals surface area contributed by atoms with Gasteiger partial charge in [-0.3, -0.25) is 10.1 Å². The molecule has 19 heavy (non-hydrogen) atoms. The molecule has 100 valence electrons. The van der Waals surface area contributed by atoms with E-state index < -0.39 is 4.92 Å². The van der Waals surface area contributed by atoms with E-state index >= 15 is 0 Å². The Morgan fingerprint density at radius 2 is 2.16 bits per heavy atom. The van der Waals surface area contributed by atoms with E-state index in [-0.39, 0.29) is 18.0 Å². The lowest BCUT2D eigenvalue weighted by Crippen LogP contribution is -2.01. The molecule has 0 radical (unpaired) electrons. The maximum Gasteiger partial charge on any atom is 0.311 e. The molecule has 0 bridgehead atoms. The van der Waals surface area contributed by atoms with Crippen molar-refractivity contribution < 1.29 is 9.66 Å². The zero-order valence-corrected chi connectivity index (χ0v) is 11.8.